The third-order valence-electron chi connectivity index (χ3n) is 2.91. The normalized spacial score (nSPS) is 12.5. The van der Waals surface area contributed by atoms with Crippen LogP contribution in [0.25, 0.3) is 0 Å². The number of aryl methyl sites for hydroxylation is 1. The first-order chi connectivity index (χ1) is 8.06. The van der Waals surface area contributed by atoms with Crippen molar-refractivity contribution in [3.8, 4) is 0 Å². The molecule has 0 aromatic heterocycles. The summed E-state index contributed by atoms with van der Waals surface area (Å²) < 4.78 is 1.15. The number of nitrogens with one attached hydrogen (secondary N) is 1. The number of rotatable bonds is 6. The molecule has 1 N–H and O–H groups in total. The number of hydrogen-bond donors (Lipinski definition) is 1. The third kappa shape index (κ3) is 4.64. The van der Waals surface area contributed by atoms with E-state index in [1.165, 1.54) is 16.7 Å². The Labute approximate surface area is 113 Å². The summed E-state index contributed by atoms with van der Waals surface area (Å²) >= 11 is 3.57. The smallest absolute Gasteiger partial charge is 0.0357 e. The maximum atomic E-state index is 4.11. The summed E-state index contributed by atoms with van der Waals surface area (Å²) in [7, 11) is 0. The van der Waals surface area contributed by atoms with E-state index in [1.807, 2.05) is 0 Å². The van der Waals surface area contributed by atoms with Gasteiger partial charge in [-0.2, -0.15) is 0 Å². The minimum atomic E-state index is 0.378. The lowest BCUT2D eigenvalue weighted by atomic mass is 9.97. The molecule has 0 aliphatic rings. The summed E-state index contributed by atoms with van der Waals surface area (Å²) in [6.07, 6.45) is 2.06. The van der Waals surface area contributed by atoms with Gasteiger partial charge in [-0.05, 0) is 49.6 Å². The van der Waals surface area contributed by atoms with Crippen LogP contribution >= 0.6 is 15.9 Å². The van der Waals surface area contributed by atoms with Crippen LogP contribution in [0, 0.1) is 6.92 Å². The van der Waals surface area contributed by atoms with Gasteiger partial charge in [-0.15, -0.1) is 0 Å². The van der Waals surface area contributed by atoms with Crippen molar-refractivity contribution in [3.63, 3.8) is 0 Å². The van der Waals surface area contributed by atoms with E-state index in [9.17, 15) is 0 Å². The molecule has 0 amide bonds. The molecule has 0 saturated carbocycles. The lowest BCUT2D eigenvalue weighted by Gasteiger charge is -2.20. The van der Waals surface area contributed by atoms with Gasteiger partial charge in [0.25, 0.3) is 0 Å². The van der Waals surface area contributed by atoms with Crippen molar-refractivity contribution in [2.24, 2.45) is 0 Å². The van der Waals surface area contributed by atoms with Crippen molar-refractivity contribution in [1.29, 1.82) is 0 Å². The van der Waals surface area contributed by atoms with E-state index in [1.54, 1.807) is 0 Å². The molecular formula is C15H22BrN. The van der Waals surface area contributed by atoms with Crippen LogP contribution in [0.1, 0.15) is 43.9 Å². The molecule has 0 radical (unpaired) electrons. The van der Waals surface area contributed by atoms with Crippen LogP contribution in [0.4, 0.5) is 0 Å². The maximum absolute atomic E-state index is 4.11. The topological polar surface area (TPSA) is 12.0 Å². The van der Waals surface area contributed by atoms with Crippen LogP contribution in [0.2, 0.25) is 0 Å². The van der Waals surface area contributed by atoms with E-state index < -0.39 is 0 Å². The molecule has 1 atom stereocenters. The van der Waals surface area contributed by atoms with E-state index in [4.69, 9.17) is 0 Å². The number of benzene rings is 1. The molecule has 1 nitrogen and oxygen atoms in total. The highest BCUT2D eigenvalue weighted by Gasteiger charge is 2.12. The van der Waals surface area contributed by atoms with Gasteiger partial charge in [0, 0.05) is 10.5 Å². The van der Waals surface area contributed by atoms with Gasteiger partial charge >= 0.3 is 0 Å². The predicted molar refractivity (Wildman–Crippen MR) is 79.3 cm³/mol. The van der Waals surface area contributed by atoms with Gasteiger partial charge in [0.1, 0.15) is 0 Å². The molecular weight excluding hydrogens is 274 g/mol. The summed E-state index contributed by atoms with van der Waals surface area (Å²) in [5, 5.41) is 3.54. The first-order valence-electron chi connectivity index (χ1n) is 6.24. The monoisotopic (exact) mass is 295 g/mol. The quantitative estimate of drug-likeness (QED) is 0.746. The summed E-state index contributed by atoms with van der Waals surface area (Å²) in [5.74, 6) is 0. The summed E-state index contributed by atoms with van der Waals surface area (Å²) in [4.78, 5) is 0. The van der Waals surface area contributed by atoms with E-state index >= 15 is 0 Å². The standard InChI is InChI=1S/C15H22BrN/c1-5-11(3)9-15(17-6-2)13-7-12(4)8-14(16)10-13/h7-8,10,15,17H,3,5-6,9H2,1-2,4H3. The van der Waals surface area contributed by atoms with Crippen molar-refractivity contribution in [1.82, 2.24) is 5.32 Å². The average Bonchev–Trinajstić information content (AvgIpc) is 2.27. The SMILES string of the molecule is C=C(CC)CC(NCC)c1cc(C)cc(Br)c1. The average molecular weight is 296 g/mol. The van der Waals surface area contributed by atoms with Crippen LogP contribution in [-0.2, 0) is 0 Å². The van der Waals surface area contributed by atoms with Gasteiger partial charge in [0.15, 0.2) is 0 Å². The van der Waals surface area contributed by atoms with Crippen molar-refractivity contribution in [2.75, 3.05) is 6.54 Å². The molecule has 1 aromatic rings. The van der Waals surface area contributed by atoms with Gasteiger partial charge in [-0.1, -0.05) is 48.0 Å². The lowest BCUT2D eigenvalue weighted by Crippen LogP contribution is -2.21. The first-order valence-corrected chi connectivity index (χ1v) is 7.03. The molecule has 0 spiro atoms. The second-order valence-corrected chi connectivity index (χ2v) is 5.40. The summed E-state index contributed by atoms with van der Waals surface area (Å²) in [5.41, 5.74) is 3.93. The van der Waals surface area contributed by atoms with Crippen molar-refractivity contribution >= 4 is 15.9 Å². The molecule has 0 aliphatic heterocycles. The van der Waals surface area contributed by atoms with Crippen LogP contribution in [0.3, 0.4) is 0 Å². The minimum Gasteiger partial charge on any atom is -0.310 e. The van der Waals surface area contributed by atoms with E-state index in [-0.39, 0.29) is 0 Å². The van der Waals surface area contributed by atoms with Gasteiger partial charge in [-0.3, -0.25) is 0 Å². The Bertz CT molecular complexity index is 364. The fourth-order valence-corrected chi connectivity index (χ4v) is 2.58. The van der Waals surface area contributed by atoms with Crippen LogP contribution < -0.4 is 5.32 Å². The minimum absolute atomic E-state index is 0.378. The molecule has 1 rings (SSSR count). The third-order valence-corrected chi connectivity index (χ3v) is 3.37. The molecule has 1 unspecified atom stereocenters. The number of halogens is 1. The molecule has 0 heterocycles. The Morgan fingerprint density at radius 1 is 1.35 bits per heavy atom. The van der Waals surface area contributed by atoms with E-state index in [0.29, 0.717) is 6.04 Å². The molecule has 0 bridgehead atoms. The van der Waals surface area contributed by atoms with Crippen LogP contribution in [-0.4, -0.2) is 6.54 Å². The highest BCUT2D eigenvalue weighted by Crippen LogP contribution is 2.25. The van der Waals surface area contributed by atoms with E-state index in [2.05, 4.69) is 66.8 Å². The Morgan fingerprint density at radius 2 is 2.06 bits per heavy atom. The summed E-state index contributed by atoms with van der Waals surface area (Å²) in [6.45, 7) is 11.5. The van der Waals surface area contributed by atoms with Gasteiger partial charge in [0.2, 0.25) is 0 Å². The van der Waals surface area contributed by atoms with Gasteiger partial charge in [0.05, 0.1) is 0 Å². The Hall–Kier alpha value is -0.600. The second-order valence-electron chi connectivity index (χ2n) is 4.48. The Balaban J connectivity index is 2.91. The Morgan fingerprint density at radius 3 is 2.59 bits per heavy atom. The van der Waals surface area contributed by atoms with Crippen LogP contribution in [0.15, 0.2) is 34.8 Å². The maximum Gasteiger partial charge on any atom is 0.0357 e. The molecule has 0 aliphatic carbocycles. The first kappa shape index (κ1) is 14.5. The number of hydrogen-bond acceptors (Lipinski definition) is 1. The fourth-order valence-electron chi connectivity index (χ4n) is 1.95. The second kappa shape index (κ2) is 6.97. The molecule has 0 fully saturated rings. The van der Waals surface area contributed by atoms with Crippen molar-refractivity contribution < 1.29 is 0 Å². The van der Waals surface area contributed by atoms with Crippen molar-refractivity contribution in [3.05, 3.63) is 46.0 Å². The van der Waals surface area contributed by atoms with Gasteiger partial charge in [-0.25, -0.2) is 0 Å². The van der Waals surface area contributed by atoms with Crippen LogP contribution in [0.5, 0.6) is 0 Å². The highest BCUT2D eigenvalue weighted by molar-refractivity contribution is 9.10. The molecule has 2 heteroatoms. The zero-order valence-electron chi connectivity index (χ0n) is 11.0. The van der Waals surface area contributed by atoms with Crippen molar-refractivity contribution in [2.45, 2.75) is 39.7 Å². The molecule has 17 heavy (non-hydrogen) atoms. The fraction of sp³-hybridized carbons (Fsp3) is 0.467. The summed E-state index contributed by atoms with van der Waals surface area (Å²) in [6, 6.07) is 6.97. The Kier molecular flexibility index (Phi) is 5.93. The van der Waals surface area contributed by atoms with Gasteiger partial charge < -0.3 is 5.32 Å². The largest absolute Gasteiger partial charge is 0.310 e. The predicted octanol–water partition coefficient (Wildman–Crippen LogP) is 4.76. The molecule has 0 saturated heterocycles. The molecule has 1 aromatic carbocycles. The van der Waals surface area contributed by atoms with E-state index in [0.717, 1.165) is 23.9 Å². The zero-order chi connectivity index (χ0) is 12.8. The zero-order valence-corrected chi connectivity index (χ0v) is 12.6. The highest BCUT2D eigenvalue weighted by atomic mass is 79.9. The lowest BCUT2D eigenvalue weighted by molar-refractivity contribution is 0.542. The molecule has 94 valence electrons.